The number of carbonyl (C=O) groups excluding carboxylic acids is 2. The molecule has 2 amide bonds. The lowest BCUT2D eigenvalue weighted by Crippen LogP contribution is -2.46. The van der Waals surface area contributed by atoms with E-state index in [0.29, 0.717) is 26.3 Å². The Labute approximate surface area is 119 Å². The molecule has 0 aromatic rings. The Balaban J connectivity index is 1.68. The van der Waals surface area contributed by atoms with Gasteiger partial charge in [0.1, 0.15) is 0 Å². The van der Waals surface area contributed by atoms with Gasteiger partial charge in [-0.3, -0.25) is 9.59 Å². The molecule has 1 saturated carbocycles. The van der Waals surface area contributed by atoms with Gasteiger partial charge >= 0.3 is 0 Å². The molecule has 1 atom stereocenters. The summed E-state index contributed by atoms with van der Waals surface area (Å²) >= 11 is 0. The summed E-state index contributed by atoms with van der Waals surface area (Å²) in [7, 11) is 0. The lowest BCUT2D eigenvalue weighted by atomic mass is 9.97. The van der Waals surface area contributed by atoms with Crippen LogP contribution in [-0.4, -0.2) is 61.3 Å². The van der Waals surface area contributed by atoms with E-state index in [1.807, 2.05) is 4.90 Å². The number of carbonyl (C=O) groups is 2. The van der Waals surface area contributed by atoms with E-state index in [1.165, 1.54) is 0 Å². The maximum atomic E-state index is 12.0. The van der Waals surface area contributed by atoms with Crippen molar-refractivity contribution >= 4 is 11.8 Å². The molecule has 0 radical (unpaired) electrons. The molecular formula is C14H24N2O4. The topological polar surface area (TPSA) is 78.9 Å². The minimum Gasteiger partial charge on any atom is -0.394 e. The summed E-state index contributed by atoms with van der Waals surface area (Å²) in [5.41, 5.74) is 0. The number of ether oxygens (including phenoxy) is 1. The SMILES string of the molecule is O=C(NCCOCCO)C1CCCN(C(=O)C2CC2)C1. The largest absolute Gasteiger partial charge is 0.394 e. The second-order valence-corrected chi connectivity index (χ2v) is 5.52. The fraction of sp³-hybridized carbons (Fsp3) is 0.857. The number of aliphatic hydroxyl groups excluding tert-OH is 1. The first-order valence-electron chi connectivity index (χ1n) is 7.47. The average Bonchev–Trinajstić information content (AvgIpc) is 3.31. The quantitative estimate of drug-likeness (QED) is 0.633. The standard InChI is InChI=1S/C14H24N2O4/c17-7-9-20-8-5-15-13(18)12-2-1-6-16(10-12)14(19)11-3-4-11/h11-12,17H,1-10H2,(H,15,18). The van der Waals surface area contributed by atoms with E-state index in [-0.39, 0.29) is 30.3 Å². The average molecular weight is 284 g/mol. The Morgan fingerprint density at radius 2 is 2.00 bits per heavy atom. The van der Waals surface area contributed by atoms with E-state index >= 15 is 0 Å². The van der Waals surface area contributed by atoms with Crippen LogP contribution < -0.4 is 5.32 Å². The molecule has 20 heavy (non-hydrogen) atoms. The Morgan fingerprint density at radius 3 is 2.70 bits per heavy atom. The maximum absolute atomic E-state index is 12.0. The number of aliphatic hydroxyl groups is 1. The van der Waals surface area contributed by atoms with Gasteiger partial charge in [0.2, 0.25) is 11.8 Å². The van der Waals surface area contributed by atoms with Crippen LogP contribution in [0, 0.1) is 11.8 Å². The molecule has 6 nitrogen and oxygen atoms in total. The number of amides is 2. The van der Waals surface area contributed by atoms with Crippen LogP contribution in [0.25, 0.3) is 0 Å². The second-order valence-electron chi connectivity index (χ2n) is 5.52. The molecule has 0 aromatic heterocycles. The van der Waals surface area contributed by atoms with Crippen LogP contribution in [0.5, 0.6) is 0 Å². The zero-order valence-electron chi connectivity index (χ0n) is 11.8. The van der Waals surface area contributed by atoms with Gasteiger partial charge in [-0.2, -0.15) is 0 Å². The summed E-state index contributed by atoms with van der Waals surface area (Å²) in [5, 5.41) is 11.4. The van der Waals surface area contributed by atoms with Crippen molar-refractivity contribution in [1.29, 1.82) is 0 Å². The van der Waals surface area contributed by atoms with E-state index in [1.54, 1.807) is 0 Å². The van der Waals surface area contributed by atoms with E-state index in [0.717, 1.165) is 32.2 Å². The Kier molecular flexibility index (Phi) is 5.79. The molecule has 114 valence electrons. The van der Waals surface area contributed by atoms with Crippen LogP contribution in [-0.2, 0) is 14.3 Å². The van der Waals surface area contributed by atoms with Crippen molar-refractivity contribution in [2.24, 2.45) is 11.8 Å². The summed E-state index contributed by atoms with van der Waals surface area (Å²) in [5.74, 6) is 0.368. The van der Waals surface area contributed by atoms with Gasteiger partial charge in [-0.25, -0.2) is 0 Å². The molecule has 1 heterocycles. The normalized spacial score (nSPS) is 22.6. The number of hydrogen-bond donors (Lipinski definition) is 2. The highest BCUT2D eigenvalue weighted by Gasteiger charge is 2.36. The van der Waals surface area contributed by atoms with Gasteiger partial charge in [0.25, 0.3) is 0 Å². The fourth-order valence-electron chi connectivity index (χ4n) is 2.54. The Morgan fingerprint density at radius 1 is 1.20 bits per heavy atom. The molecular weight excluding hydrogens is 260 g/mol. The maximum Gasteiger partial charge on any atom is 0.225 e. The first-order valence-corrected chi connectivity index (χ1v) is 7.47. The van der Waals surface area contributed by atoms with Crippen LogP contribution in [0.3, 0.4) is 0 Å². The number of rotatable bonds is 7. The molecule has 2 N–H and O–H groups in total. The van der Waals surface area contributed by atoms with Crippen molar-refractivity contribution in [1.82, 2.24) is 10.2 Å². The van der Waals surface area contributed by atoms with E-state index < -0.39 is 0 Å². The molecule has 2 aliphatic rings. The lowest BCUT2D eigenvalue weighted by Gasteiger charge is -2.32. The molecule has 0 spiro atoms. The van der Waals surface area contributed by atoms with Crippen LogP contribution in [0.1, 0.15) is 25.7 Å². The highest BCUT2D eigenvalue weighted by Crippen LogP contribution is 2.32. The van der Waals surface area contributed by atoms with E-state index in [2.05, 4.69) is 5.32 Å². The summed E-state index contributed by atoms with van der Waals surface area (Å²) in [6.07, 6.45) is 3.76. The van der Waals surface area contributed by atoms with Crippen molar-refractivity contribution in [2.45, 2.75) is 25.7 Å². The molecule has 0 aromatic carbocycles. The summed E-state index contributed by atoms with van der Waals surface area (Å²) < 4.78 is 5.09. The predicted octanol–water partition coefficient (Wildman–Crippen LogP) is -0.240. The van der Waals surface area contributed by atoms with Gasteiger partial charge in [-0.1, -0.05) is 0 Å². The predicted molar refractivity (Wildman–Crippen MR) is 72.9 cm³/mol. The number of likely N-dealkylation sites (tertiary alicyclic amines) is 1. The van der Waals surface area contributed by atoms with Gasteiger partial charge in [-0.15, -0.1) is 0 Å². The minimum absolute atomic E-state index is 0.00515. The van der Waals surface area contributed by atoms with Crippen LogP contribution in [0.15, 0.2) is 0 Å². The summed E-state index contributed by atoms with van der Waals surface area (Å²) in [6, 6.07) is 0. The summed E-state index contributed by atoms with van der Waals surface area (Å²) in [4.78, 5) is 25.9. The molecule has 1 saturated heterocycles. The van der Waals surface area contributed by atoms with Gasteiger partial charge in [0.15, 0.2) is 0 Å². The first kappa shape index (κ1) is 15.3. The number of piperidine rings is 1. The van der Waals surface area contributed by atoms with E-state index in [4.69, 9.17) is 9.84 Å². The molecule has 2 fully saturated rings. The highest BCUT2D eigenvalue weighted by molar-refractivity contribution is 5.83. The third kappa shape index (κ3) is 4.45. The third-order valence-electron chi connectivity index (χ3n) is 3.81. The smallest absolute Gasteiger partial charge is 0.225 e. The monoisotopic (exact) mass is 284 g/mol. The number of nitrogens with one attached hydrogen (secondary N) is 1. The number of nitrogens with zero attached hydrogens (tertiary/aromatic N) is 1. The molecule has 6 heteroatoms. The Hall–Kier alpha value is -1.14. The van der Waals surface area contributed by atoms with Crippen molar-refractivity contribution in [3.8, 4) is 0 Å². The first-order chi connectivity index (χ1) is 9.72. The van der Waals surface area contributed by atoms with Crippen LogP contribution in [0.4, 0.5) is 0 Å². The molecule has 1 aliphatic carbocycles. The fourth-order valence-corrected chi connectivity index (χ4v) is 2.54. The molecule has 2 rings (SSSR count). The molecule has 0 bridgehead atoms. The second kappa shape index (κ2) is 7.59. The third-order valence-corrected chi connectivity index (χ3v) is 3.81. The lowest BCUT2D eigenvalue weighted by molar-refractivity contribution is -0.136. The van der Waals surface area contributed by atoms with Crippen LogP contribution in [0.2, 0.25) is 0 Å². The van der Waals surface area contributed by atoms with Gasteiger partial charge < -0.3 is 20.1 Å². The van der Waals surface area contributed by atoms with Crippen molar-refractivity contribution in [3.05, 3.63) is 0 Å². The zero-order chi connectivity index (χ0) is 14.4. The van der Waals surface area contributed by atoms with Gasteiger partial charge in [0, 0.05) is 25.6 Å². The zero-order valence-corrected chi connectivity index (χ0v) is 11.8. The van der Waals surface area contributed by atoms with Gasteiger partial charge in [-0.05, 0) is 25.7 Å². The van der Waals surface area contributed by atoms with E-state index in [9.17, 15) is 9.59 Å². The number of hydrogen-bond acceptors (Lipinski definition) is 4. The van der Waals surface area contributed by atoms with Gasteiger partial charge in [0.05, 0.1) is 25.7 Å². The van der Waals surface area contributed by atoms with Crippen molar-refractivity contribution < 1.29 is 19.4 Å². The Bertz CT molecular complexity index is 344. The minimum atomic E-state index is -0.0932. The van der Waals surface area contributed by atoms with Crippen molar-refractivity contribution in [2.75, 3.05) is 39.5 Å². The van der Waals surface area contributed by atoms with Crippen molar-refractivity contribution in [3.63, 3.8) is 0 Å². The summed E-state index contributed by atoms with van der Waals surface area (Å²) in [6.45, 7) is 2.49. The van der Waals surface area contributed by atoms with Crippen LogP contribution >= 0.6 is 0 Å². The highest BCUT2D eigenvalue weighted by atomic mass is 16.5. The molecule has 1 aliphatic heterocycles. The molecule has 1 unspecified atom stereocenters.